The highest BCUT2D eigenvalue weighted by Crippen LogP contribution is 2.34. The fourth-order valence-electron chi connectivity index (χ4n) is 1.91. The van der Waals surface area contributed by atoms with E-state index in [9.17, 15) is 0 Å². The summed E-state index contributed by atoms with van der Waals surface area (Å²) in [6, 6.07) is 2.17. The standard InChI is InChI=1S/C10H15NOS/c1-11-6-8-2-4-12-10(8)9-3-5-13-7-9/h3,5,7-8,10-11H,2,4,6H2,1H3. The molecule has 3 heteroatoms. The van der Waals surface area contributed by atoms with E-state index in [1.54, 1.807) is 11.3 Å². The van der Waals surface area contributed by atoms with E-state index in [4.69, 9.17) is 4.74 Å². The van der Waals surface area contributed by atoms with Gasteiger partial charge >= 0.3 is 0 Å². The molecule has 1 aromatic rings. The zero-order valence-corrected chi connectivity index (χ0v) is 8.64. The van der Waals surface area contributed by atoms with Crippen molar-refractivity contribution >= 4 is 11.3 Å². The molecule has 0 bridgehead atoms. The van der Waals surface area contributed by atoms with Gasteiger partial charge in [-0.25, -0.2) is 0 Å². The van der Waals surface area contributed by atoms with Crippen LogP contribution < -0.4 is 5.32 Å². The minimum absolute atomic E-state index is 0.332. The molecule has 0 spiro atoms. The van der Waals surface area contributed by atoms with Crippen molar-refractivity contribution in [2.24, 2.45) is 5.92 Å². The molecule has 1 aliphatic rings. The molecule has 0 saturated carbocycles. The summed E-state index contributed by atoms with van der Waals surface area (Å²) in [4.78, 5) is 0. The van der Waals surface area contributed by atoms with Crippen LogP contribution in [0.25, 0.3) is 0 Å². The highest BCUT2D eigenvalue weighted by Gasteiger charge is 2.28. The quantitative estimate of drug-likeness (QED) is 0.800. The molecule has 0 aliphatic carbocycles. The number of hydrogen-bond donors (Lipinski definition) is 1. The van der Waals surface area contributed by atoms with Crippen molar-refractivity contribution in [2.45, 2.75) is 12.5 Å². The molecule has 1 aliphatic heterocycles. The monoisotopic (exact) mass is 197 g/mol. The van der Waals surface area contributed by atoms with Gasteiger partial charge in [0.2, 0.25) is 0 Å². The summed E-state index contributed by atoms with van der Waals surface area (Å²) in [6.45, 7) is 1.97. The van der Waals surface area contributed by atoms with Crippen molar-refractivity contribution in [3.05, 3.63) is 22.4 Å². The molecule has 1 fully saturated rings. The van der Waals surface area contributed by atoms with Gasteiger partial charge in [0.05, 0.1) is 6.10 Å². The third kappa shape index (κ3) is 1.93. The van der Waals surface area contributed by atoms with Crippen LogP contribution in [0.4, 0.5) is 0 Å². The lowest BCUT2D eigenvalue weighted by Gasteiger charge is -2.16. The highest BCUT2D eigenvalue weighted by molar-refractivity contribution is 7.07. The van der Waals surface area contributed by atoms with E-state index < -0.39 is 0 Å². The number of nitrogens with one attached hydrogen (secondary N) is 1. The summed E-state index contributed by atoms with van der Waals surface area (Å²) >= 11 is 1.75. The summed E-state index contributed by atoms with van der Waals surface area (Å²) in [6.07, 6.45) is 1.51. The molecule has 2 nitrogen and oxygen atoms in total. The van der Waals surface area contributed by atoms with Gasteiger partial charge in [0, 0.05) is 19.1 Å². The fraction of sp³-hybridized carbons (Fsp3) is 0.600. The predicted molar refractivity (Wildman–Crippen MR) is 55.0 cm³/mol. The van der Waals surface area contributed by atoms with Crippen LogP contribution in [-0.2, 0) is 4.74 Å². The van der Waals surface area contributed by atoms with Crippen LogP contribution in [0.1, 0.15) is 18.1 Å². The van der Waals surface area contributed by atoms with E-state index in [0.717, 1.165) is 13.2 Å². The first kappa shape index (κ1) is 9.19. The van der Waals surface area contributed by atoms with E-state index in [0.29, 0.717) is 12.0 Å². The average molecular weight is 197 g/mol. The molecule has 2 rings (SSSR count). The van der Waals surface area contributed by atoms with Gasteiger partial charge in [-0.2, -0.15) is 11.3 Å². The van der Waals surface area contributed by atoms with Gasteiger partial charge in [0.25, 0.3) is 0 Å². The highest BCUT2D eigenvalue weighted by atomic mass is 32.1. The molecule has 0 radical (unpaired) electrons. The smallest absolute Gasteiger partial charge is 0.0874 e. The van der Waals surface area contributed by atoms with Gasteiger partial charge in [0.15, 0.2) is 0 Å². The number of hydrogen-bond acceptors (Lipinski definition) is 3. The second-order valence-electron chi connectivity index (χ2n) is 3.45. The van der Waals surface area contributed by atoms with Gasteiger partial charge in [-0.3, -0.25) is 0 Å². The molecule has 72 valence electrons. The van der Waals surface area contributed by atoms with Gasteiger partial charge in [-0.1, -0.05) is 0 Å². The van der Waals surface area contributed by atoms with Crippen molar-refractivity contribution in [3.63, 3.8) is 0 Å². The summed E-state index contributed by atoms with van der Waals surface area (Å²) in [5.74, 6) is 0.652. The molecule has 2 unspecified atom stereocenters. The third-order valence-corrected chi connectivity index (χ3v) is 3.25. The van der Waals surface area contributed by atoms with Crippen molar-refractivity contribution in [1.82, 2.24) is 5.32 Å². The van der Waals surface area contributed by atoms with Gasteiger partial charge < -0.3 is 10.1 Å². The second-order valence-corrected chi connectivity index (χ2v) is 4.23. The lowest BCUT2D eigenvalue weighted by Crippen LogP contribution is -2.21. The summed E-state index contributed by atoms with van der Waals surface area (Å²) in [7, 11) is 2.00. The third-order valence-electron chi connectivity index (χ3n) is 2.55. The maximum absolute atomic E-state index is 5.73. The van der Waals surface area contributed by atoms with Crippen LogP contribution in [0.5, 0.6) is 0 Å². The normalized spacial score (nSPS) is 28.1. The lowest BCUT2D eigenvalue weighted by atomic mass is 9.97. The summed E-state index contributed by atoms with van der Waals surface area (Å²) < 4.78 is 5.73. The van der Waals surface area contributed by atoms with E-state index >= 15 is 0 Å². The Balaban J connectivity index is 2.05. The maximum atomic E-state index is 5.73. The Morgan fingerprint density at radius 1 is 1.69 bits per heavy atom. The van der Waals surface area contributed by atoms with E-state index in [-0.39, 0.29) is 0 Å². The van der Waals surface area contributed by atoms with Gasteiger partial charge in [-0.05, 0) is 35.9 Å². The van der Waals surface area contributed by atoms with Crippen molar-refractivity contribution in [1.29, 1.82) is 0 Å². The maximum Gasteiger partial charge on any atom is 0.0874 e. The Morgan fingerprint density at radius 3 is 3.31 bits per heavy atom. The van der Waals surface area contributed by atoms with Gasteiger partial charge in [0.1, 0.15) is 0 Å². The first-order valence-electron chi connectivity index (χ1n) is 4.70. The van der Waals surface area contributed by atoms with Crippen LogP contribution >= 0.6 is 11.3 Å². The largest absolute Gasteiger partial charge is 0.373 e. The minimum atomic E-state index is 0.332. The number of rotatable bonds is 3. The van der Waals surface area contributed by atoms with Crippen LogP contribution in [0, 0.1) is 5.92 Å². The van der Waals surface area contributed by atoms with Crippen molar-refractivity contribution in [3.8, 4) is 0 Å². The number of thiophene rings is 1. The Kier molecular flexibility index (Phi) is 2.98. The first-order chi connectivity index (χ1) is 6.42. The molecule has 1 saturated heterocycles. The van der Waals surface area contributed by atoms with Crippen molar-refractivity contribution < 1.29 is 4.74 Å². The fourth-order valence-corrected chi connectivity index (χ4v) is 2.59. The lowest BCUT2D eigenvalue weighted by molar-refractivity contribution is 0.0913. The summed E-state index contributed by atoms with van der Waals surface area (Å²) in [5, 5.41) is 7.54. The molecule has 0 amide bonds. The average Bonchev–Trinajstić information content (AvgIpc) is 2.71. The Bertz CT molecular complexity index is 247. The van der Waals surface area contributed by atoms with Crippen LogP contribution in [0.2, 0.25) is 0 Å². The first-order valence-corrected chi connectivity index (χ1v) is 5.64. The topological polar surface area (TPSA) is 21.3 Å². The van der Waals surface area contributed by atoms with Gasteiger partial charge in [-0.15, -0.1) is 0 Å². The second kappa shape index (κ2) is 4.22. The number of ether oxygens (including phenoxy) is 1. The Morgan fingerprint density at radius 2 is 2.62 bits per heavy atom. The SMILES string of the molecule is CNCC1CCOC1c1ccsc1. The molecule has 1 aromatic heterocycles. The van der Waals surface area contributed by atoms with E-state index in [1.807, 2.05) is 7.05 Å². The van der Waals surface area contributed by atoms with E-state index in [2.05, 4.69) is 22.1 Å². The van der Waals surface area contributed by atoms with Crippen LogP contribution in [0.15, 0.2) is 16.8 Å². The minimum Gasteiger partial charge on any atom is -0.373 e. The summed E-state index contributed by atoms with van der Waals surface area (Å²) in [5.41, 5.74) is 1.35. The molecule has 2 atom stereocenters. The molecule has 13 heavy (non-hydrogen) atoms. The molecule has 0 aromatic carbocycles. The Labute approximate surface area is 82.9 Å². The predicted octanol–water partition coefficient (Wildman–Crippen LogP) is 2.05. The zero-order chi connectivity index (χ0) is 9.10. The molecule has 2 heterocycles. The Hall–Kier alpha value is -0.380. The zero-order valence-electron chi connectivity index (χ0n) is 7.82. The van der Waals surface area contributed by atoms with E-state index in [1.165, 1.54) is 12.0 Å². The van der Waals surface area contributed by atoms with Crippen LogP contribution in [0.3, 0.4) is 0 Å². The van der Waals surface area contributed by atoms with Crippen molar-refractivity contribution in [2.75, 3.05) is 20.2 Å². The molecular weight excluding hydrogens is 182 g/mol. The molecule has 1 N–H and O–H groups in total. The molecular formula is C10H15NOS. The van der Waals surface area contributed by atoms with Crippen LogP contribution in [-0.4, -0.2) is 20.2 Å².